The minimum absolute atomic E-state index is 0.0394. The van der Waals surface area contributed by atoms with E-state index in [4.69, 9.17) is 14.6 Å². The number of ether oxygens (including phenoxy) is 2. The molecule has 0 saturated carbocycles. The number of nitrogens with zero attached hydrogens (tertiary/aromatic N) is 1. The molecule has 0 unspecified atom stereocenters. The van der Waals surface area contributed by atoms with Gasteiger partial charge in [-0.05, 0) is 18.2 Å². The number of aromatic nitrogens is 1. The summed E-state index contributed by atoms with van der Waals surface area (Å²) >= 11 is 0. The standard InChI is InChI=1S/C14H12FNO4/c15-12-3-1-2-4-13(12)20-6-5-19-11-7-10(14(17)18)8-16-9-11/h1-4,7-9H,5-6H2,(H,17,18). The van der Waals surface area contributed by atoms with Gasteiger partial charge in [-0.1, -0.05) is 12.1 Å². The first kappa shape index (κ1) is 13.8. The summed E-state index contributed by atoms with van der Waals surface area (Å²) in [4.78, 5) is 14.5. The molecular formula is C14H12FNO4. The Kier molecular flexibility index (Phi) is 4.49. The van der Waals surface area contributed by atoms with Crippen molar-refractivity contribution >= 4 is 5.97 Å². The molecule has 0 radical (unpaired) electrons. The second-order valence-corrected chi connectivity index (χ2v) is 3.84. The van der Waals surface area contributed by atoms with Gasteiger partial charge in [-0.3, -0.25) is 4.98 Å². The van der Waals surface area contributed by atoms with Crippen molar-refractivity contribution in [3.05, 3.63) is 54.1 Å². The van der Waals surface area contributed by atoms with E-state index in [1.165, 1.54) is 30.6 Å². The van der Waals surface area contributed by atoms with E-state index in [0.717, 1.165) is 0 Å². The quantitative estimate of drug-likeness (QED) is 0.821. The summed E-state index contributed by atoms with van der Waals surface area (Å²) in [6.45, 7) is 0.289. The molecule has 0 fully saturated rings. The fourth-order valence-corrected chi connectivity index (χ4v) is 1.49. The summed E-state index contributed by atoms with van der Waals surface area (Å²) < 4.78 is 23.7. The third-order valence-electron chi connectivity index (χ3n) is 2.41. The number of pyridine rings is 1. The molecule has 6 heteroatoms. The van der Waals surface area contributed by atoms with Crippen molar-refractivity contribution in [2.75, 3.05) is 13.2 Å². The molecule has 1 heterocycles. The SMILES string of the molecule is O=C(O)c1cncc(OCCOc2ccccc2F)c1. The molecule has 5 nitrogen and oxygen atoms in total. The van der Waals surface area contributed by atoms with Crippen LogP contribution in [0.4, 0.5) is 4.39 Å². The third-order valence-corrected chi connectivity index (χ3v) is 2.41. The van der Waals surface area contributed by atoms with Crippen molar-refractivity contribution in [1.29, 1.82) is 0 Å². The molecule has 0 aliphatic carbocycles. The number of carboxylic acids is 1. The van der Waals surface area contributed by atoms with Crippen LogP contribution in [0, 0.1) is 5.82 Å². The third kappa shape index (κ3) is 3.68. The Balaban J connectivity index is 1.83. The Morgan fingerprint density at radius 1 is 1.20 bits per heavy atom. The van der Waals surface area contributed by atoms with E-state index in [9.17, 15) is 9.18 Å². The van der Waals surface area contributed by atoms with Crippen LogP contribution in [-0.2, 0) is 0 Å². The topological polar surface area (TPSA) is 68.7 Å². The lowest BCUT2D eigenvalue weighted by Crippen LogP contribution is -2.10. The molecule has 2 rings (SSSR count). The maximum Gasteiger partial charge on any atom is 0.337 e. The van der Waals surface area contributed by atoms with Crippen LogP contribution in [0.25, 0.3) is 0 Å². The first-order valence-electron chi connectivity index (χ1n) is 5.85. The van der Waals surface area contributed by atoms with Crippen molar-refractivity contribution in [2.45, 2.75) is 0 Å². The summed E-state index contributed by atoms with van der Waals surface area (Å²) in [5, 5.41) is 8.80. The summed E-state index contributed by atoms with van der Waals surface area (Å²) in [6, 6.07) is 7.41. The van der Waals surface area contributed by atoms with E-state index in [2.05, 4.69) is 4.98 Å². The highest BCUT2D eigenvalue weighted by Crippen LogP contribution is 2.15. The van der Waals surface area contributed by atoms with E-state index in [1.54, 1.807) is 12.1 Å². The van der Waals surface area contributed by atoms with Crippen LogP contribution in [0.3, 0.4) is 0 Å². The monoisotopic (exact) mass is 277 g/mol. The van der Waals surface area contributed by atoms with Gasteiger partial charge in [0.1, 0.15) is 19.0 Å². The van der Waals surface area contributed by atoms with Crippen LogP contribution in [0.2, 0.25) is 0 Å². The second kappa shape index (κ2) is 6.51. The van der Waals surface area contributed by atoms with Crippen LogP contribution in [0.1, 0.15) is 10.4 Å². The van der Waals surface area contributed by atoms with E-state index in [0.29, 0.717) is 5.75 Å². The Morgan fingerprint density at radius 3 is 2.70 bits per heavy atom. The van der Waals surface area contributed by atoms with Gasteiger partial charge in [0.25, 0.3) is 0 Å². The molecule has 0 aliphatic heterocycles. The minimum Gasteiger partial charge on any atom is -0.488 e. The number of rotatable bonds is 6. The molecule has 0 bridgehead atoms. The van der Waals surface area contributed by atoms with E-state index in [1.807, 2.05) is 0 Å². The Bertz CT molecular complexity index is 603. The van der Waals surface area contributed by atoms with Crippen molar-refractivity contribution < 1.29 is 23.8 Å². The van der Waals surface area contributed by atoms with Gasteiger partial charge in [0.05, 0.1) is 11.8 Å². The number of aromatic carboxylic acids is 1. The predicted octanol–water partition coefficient (Wildman–Crippen LogP) is 2.38. The van der Waals surface area contributed by atoms with Gasteiger partial charge in [0.2, 0.25) is 0 Å². The molecule has 0 spiro atoms. The Morgan fingerprint density at radius 2 is 1.95 bits per heavy atom. The van der Waals surface area contributed by atoms with E-state index < -0.39 is 11.8 Å². The number of halogens is 1. The Labute approximate surface area is 114 Å². The zero-order chi connectivity index (χ0) is 14.4. The lowest BCUT2D eigenvalue weighted by atomic mass is 10.3. The lowest BCUT2D eigenvalue weighted by molar-refractivity contribution is 0.0696. The van der Waals surface area contributed by atoms with Crippen LogP contribution in [-0.4, -0.2) is 29.3 Å². The van der Waals surface area contributed by atoms with Gasteiger partial charge >= 0.3 is 5.97 Å². The zero-order valence-electron chi connectivity index (χ0n) is 10.5. The van der Waals surface area contributed by atoms with Crippen LogP contribution < -0.4 is 9.47 Å². The second-order valence-electron chi connectivity index (χ2n) is 3.84. The van der Waals surface area contributed by atoms with Crippen molar-refractivity contribution in [3.63, 3.8) is 0 Å². The highest BCUT2D eigenvalue weighted by Gasteiger charge is 2.05. The highest BCUT2D eigenvalue weighted by atomic mass is 19.1. The first-order chi connectivity index (χ1) is 9.66. The molecule has 0 saturated heterocycles. The number of hydrogen-bond acceptors (Lipinski definition) is 4. The lowest BCUT2D eigenvalue weighted by Gasteiger charge is -2.08. The molecule has 1 N–H and O–H groups in total. The van der Waals surface area contributed by atoms with Crippen molar-refractivity contribution in [3.8, 4) is 11.5 Å². The van der Waals surface area contributed by atoms with Crippen molar-refractivity contribution in [1.82, 2.24) is 4.98 Å². The van der Waals surface area contributed by atoms with Gasteiger partial charge in [0, 0.05) is 6.20 Å². The van der Waals surface area contributed by atoms with E-state index in [-0.39, 0.29) is 24.5 Å². The number of benzene rings is 1. The van der Waals surface area contributed by atoms with Crippen LogP contribution >= 0.6 is 0 Å². The molecule has 104 valence electrons. The number of para-hydroxylation sites is 1. The summed E-state index contributed by atoms with van der Waals surface area (Å²) in [5.74, 6) is -1.05. The van der Waals surface area contributed by atoms with Gasteiger partial charge in [-0.15, -0.1) is 0 Å². The number of carboxylic acid groups (broad SMARTS) is 1. The van der Waals surface area contributed by atoms with E-state index >= 15 is 0 Å². The van der Waals surface area contributed by atoms with Crippen LogP contribution in [0.5, 0.6) is 11.5 Å². The maximum atomic E-state index is 13.2. The average Bonchev–Trinajstić information content (AvgIpc) is 2.45. The molecule has 0 atom stereocenters. The average molecular weight is 277 g/mol. The molecule has 20 heavy (non-hydrogen) atoms. The zero-order valence-corrected chi connectivity index (χ0v) is 10.5. The van der Waals surface area contributed by atoms with Gasteiger partial charge in [-0.2, -0.15) is 0 Å². The molecule has 0 aliphatic rings. The summed E-state index contributed by atoms with van der Waals surface area (Å²) in [6.07, 6.45) is 2.63. The summed E-state index contributed by atoms with van der Waals surface area (Å²) in [5.41, 5.74) is 0.0394. The molecule has 2 aromatic rings. The first-order valence-corrected chi connectivity index (χ1v) is 5.85. The maximum absolute atomic E-state index is 13.2. The van der Waals surface area contributed by atoms with Crippen LogP contribution in [0.15, 0.2) is 42.7 Å². The smallest absolute Gasteiger partial charge is 0.337 e. The minimum atomic E-state index is -1.08. The Hall–Kier alpha value is -2.63. The molecule has 1 aromatic heterocycles. The fourth-order valence-electron chi connectivity index (χ4n) is 1.49. The normalized spacial score (nSPS) is 10.1. The van der Waals surface area contributed by atoms with Gasteiger partial charge in [0.15, 0.2) is 11.6 Å². The molecule has 1 aromatic carbocycles. The summed E-state index contributed by atoms with van der Waals surface area (Å²) in [7, 11) is 0. The van der Waals surface area contributed by atoms with Gasteiger partial charge < -0.3 is 14.6 Å². The number of hydrogen-bond donors (Lipinski definition) is 1. The fraction of sp³-hybridized carbons (Fsp3) is 0.143. The molecular weight excluding hydrogens is 265 g/mol. The van der Waals surface area contributed by atoms with Crippen molar-refractivity contribution in [2.24, 2.45) is 0 Å². The van der Waals surface area contributed by atoms with Gasteiger partial charge in [-0.25, -0.2) is 9.18 Å². The predicted molar refractivity (Wildman–Crippen MR) is 68.6 cm³/mol. The highest BCUT2D eigenvalue weighted by molar-refractivity contribution is 5.87. The number of carbonyl (C=O) groups is 1. The molecule has 0 amide bonds. The largest absolute Gasteiger partial charge is 0.488 e.